The Morgan fingerprint density at radius 3 is 1.62 bits per heavy atom. The van der Waals surface area contributed by atoms with Gasteiger partial charge in [-0.25, -0.2) is 0 Å². The Balaban J connectivity index is 1.03. The molecular formula is C65H79N9O7. The summed E-state index contributed by atoms with van der Waals surface area (Å²) in [5, 5.41) is 21.8. The van der Waals surface area contributed by atoms with Crippen molar-refractivity contribution in [3.63, 3.8) is 0 Å². The van der Waals surface area contributed by atoms with E-state index in [0.717, 1.165) is 66.3 Å². The molecule has 0 saturated carbocycles. The van der Waals surface area contributed by atoms with Gasteiger partial charge >= 0.3 is 0 Å². The Labute approximate surface area is 476 Å². The van der Waals surface area contributed by atoms with Gasteiger partial charge in [0, 0.05) is 37.0 Å². The zero-order chi connectivity index (χ0) is 57.5. The number of carbonyl (C=O) groups excluding carboxylic acids is 7. The topological polar surface area (TPSA) is 210 Å². The van der Waals surface area contributed by atoms with E-state index in [0.29, 0.717) is 5.56 Å². The standard InChI is InChI=1S/C65H79N9O7/c1-39(66-6)58(75)71-56(55(43-22-10-8-11-23-43)44-24-12-9-13-25-44)63(80)73-37-47-34-46(33-32-45(47)35-53(73)61(78)69-51-30-18-26-41-20-14-16-28-49(41)51)60(77)68-48-36-54(62(79)70-52-31-19-27-42-21-15-17-29-50(42)52)74(38-48)64(81)57(65(3,4)5)72-59(76)40(2)67-7/h8-17,20-25,28-29,32-34,39-40,48,51-57,66-67H,18-19,26-27,30-31,35-38H2,1-7H3,(H,68,77)(H,69,78)(H,70,79)(H,71,75)(H,72,76)/t39-,40-,48-,51+,52+,53-,54-,56-,57+/m0/s1. The fourth-order valence-corrected chi connectivity index (χ4v) is 12.2. The SMILES string of the molecule is CN[C@@H](C)C(=O)N[C@H](C(=O)N1Cc2cc(C(=O)N[C@H]3C[C@@H](C(=O)N[C@@H]4CCCc5ccccc54)N(C(=O)[C@@H](NC(=O)[C@H](C)NC)C(C)(C)C)C3)ccc2C[C@H]1C(=O)N[C@@H]1CCCc2ccccc21)C(c1ccccc1)c1ccccc1. The molecule has 0 spiro atoms. The van der Waals surface area contributed by atoms with Gasteiger partial charge < -0.3 is 47.0 Å². The molecule has 16 nitrogen and oxygen atoms in total. The van der Waals surface area contributed by atoms with Crippen LogP contribution in [0, 0.1) is 5.41 Å². The Kier molecular flexibility index (Phi) is 18.2. The summed E-state index contributed by atoms with van der Waals surface area (Å²) in [6.45, 7) is 8.98. The fraction of sp³-hybridized carbons (Fsp3) is 0.431. The Morgan fingerprint density at radius 2 is 1.07 bits per heavy atom. The molecule has 2 aliphatic carbocycles. The smallest absolute Gasteiger partial charge is 0.251 e. The van der Waals surface area contributed by atoms with Crippen molar-refractivity contribution in [3.05, 3.63) is 177 Å². The van der Waals surface area contributed by atoms with Gasteiger partial charge in [0.15, 0.2) is 0 Å². The third kappa shape index (κ3) is 13.1. The number of hydrogen-bond acceptors (Lipinski definition) is 9. The zero-order valence-corrected chi connectivity index (χ0v) is 47.7. The van der Waals surface area contributed by atoms with Crippen LogP contribution >= 0.6 is 0 Å². The summed E-state index contributed by atoms with van der Waals surface area (Å²) in [5.74, 6) is -3.41. The number of fused-ring (bicyclic) bond motifs is 3. The van der Waals surface area contributed by atoms with Gasteiger partial charge in [0.05, 0.1) is 24.2 Å². The van der Waals surface area contributed by atoms with Crippen LogP contribution in [0.15, 0.2) is 127 Å². The van der Waals surface area contributed by atoms with Crippen LogP contribution < -0.4 is 37.2 Å². The van der Waals surface area contributed by atoms with Gasteiger partial charge in [-0.2, -0.15) is 0 Å². The number of likely N-dealkylation sites (N-methyl/N-ethyl adjacent to an activating group) is 2. The lowest BCUT2D eigenvalue weighted by Gasteiger charge is -2.41. The van der Waals surface area contributed by atoms with Crippen LogP contribution in [0.2, 0.25) is 0 Å². The van der Waals surface area contributed by atoms with E-state index in [9.17, 15) is 24.0 Å². The number of likely N-dealkylation sites (tertiary alicyclic amines) is 1. The van der Waals surface area contributed by atoms with E-state index in [-0.39, 0.29) is 61.3 Å². The molecule has 9 rings (SSSR count). The molecule has 0 unspecified atom stereocenters. The molecule has 0 radical (unpaired) electrons. The second-order valence-electron chi connectivity index (χ2n) is 23.5. The van der Waals surface area contributed by atoms with E-state index < -0.39 is 77.3 Å². The van der Waals surface area contributed by atoms with Crippen molar-refractivity contribution < 1.29 is 33.6 Å². The lowest BCUT2D eigenvalue weighted by molar-refractivity contribution is -0.145. The number of hydrogen-bond donors (Lipinski definition) is 7. The Bertz CT molecular complexity index is 3070. The van der Waals surface area contributed by atoms with E-state index in [4.69, 9.17) is 0 Å². The second kappa shape index (κ2) is 25.4. The molecule has 1 fully saturated rings. The number of amides is 7. The monoisotopic (exact) mass is 1100 g/mol. The number of carbonyl (C=O) groups is 7. The molecule has 1 saturated heterocycles. The van der Waals surface area contributed by atoms with Crippen molar-refractivity contribution in [2.45, 2.75) is 153 Å². The van der Waals surface area contributed by atoms with Crippen molar-refractivity contribution in [1.82, 2.24) is 47.0 Å². The first-order chi connectivity index (χ1) is 38.9. The van der Waals surface area contributed by atoms with E-state index >= 15 is 9.59 Å². The molecule has 16 heteroatoms. The molecule has 9 atom stereocenters. The predicted molar refractivity (Wildman–Crippen MR) is 311 cm³/mol. The van der Waals surface area contributed by atoms with Crippen molar-refractivity contribution in [2.24, 2.45) is 5.41 Å². The van der Waals surface area contributed by atoms with Crippen LogP contribution in [-0.2, 0) is 54.6 Å². The molecule has 7 N–H and O–H groups in total. The number of rotatable bonds is 17. The number of nitrogens with zero attached hydrogens (tertiary/aromatic N) is 2. The lowest BCUT2D eigenvalue weighted by Crippen LogP contribution is -2.60. The fourth-order valence-electron chi connectivity index (χ4n) is 12.2. The average molecular weight is 1100 g/mol. The number of benzene rings is 5. The first-order valence-corrected chi connectivity index (χ1v) is 28.8. The van der Waals surface area contributed by atoms with E-state index in [1.807, 2.05) is 124 Å². The third-order valence-corrected chi connectivity index (χ3v) is 17.0. The molecule has 0 bridgehead atoms. The van der Waals surface area contributed by atoms with E-state index in [1.165, 1.54) is 16.0 Å². The predicted octanol–water partition coefficient (Wildman–Crippen LogP) is 6.09. The number of nitrogens with one attached hydrogen (secondary N) is 7. The molecule has 5 aromatic carbocycles. The molecule has 2 aliphatic heterocycles. The van der Waals surface area contributed by atoms with Crippen molar-refractivity contribution in [3.8, 4) is 0 Å². The van der Waals surface area contributed by atoms with Crippen molar-refractivity contribution >= 4 is 41.4 Å². The molecule has 4 aliphatic rings. The first kappa shape index (κ1) is 58.0. The number of aryl methyl sites for hydroxylation is 2. The van der Waals surface area contributed by atoms with Crippen LogP contribution in [0.4, 0.5) is 0 Å². The minimum atomic E-state index is -1.17. The molecule has 0 aromatic heterocycles. The third-order valence-electron chi connectivity index (χ3n) is 17.0. The van der Waals surface area contributed by atoms with Crippen molar-refractivity contribution in [1.29, 1.82) is 0 Å². The highest BCUT2D eigenvalue weighted by Crippen LogP contribution is 2.36. The molecule has 426 valence electrons. The Hall–Kier alpha value is -7.69. The van der Waals surface area contributed by atoms with Gasteiger partial charge in [-0.05, 0) is 135 Å². The minimum absolute atomic E-state index is 0.00665. The van der Waals surface area contributed by atoms with Gasteiger partial charge in [0.1, 0.15) is 24.2 Å². The van der Waals surface area contributed by atoms with Crippen LogP contribution in [0.1, 0.15) is 140 Å². The minimum Gasteiger partial charge on any atom is -0.347 e. The van der Waals surface area contributed by atoms with Crippen LogP contribution in [0.3, 0.4) is 0 Å². The maximum Gasteiger partial charge on any atom is 0.251 e. The molecule has 5 aromatic rings. The van der Waals surface area contributed by atoms with Crippen molar-refractivity contribution in [2.75, 3.05) is 20.6 Å². The molecular weight excluding hydrogens is 1020 g/mol. The van der Waals surface area contributed by atoms with Crippen LogP contribution in [0.5, 0.6) is 0 Å². The molecule has 7 amide bonds. The summed E-state index contributed by atoms with van der Waals surface area (Å²) in [6, 6.07) is 34.0. The first-order valence-electron chi connectivity index (χ1n) is 28.8. The van der Waals surface area contributed by atoms with Gasteiger partial charge in [-0.3, -0.25) is 33.6 Å². The summed E-state index contributed by atoms with van der Waals surface area (Å²) in [7, 11) is 3.34. The van der Waals surface area contributed by atoms with Crippen LogP contribution in [0.25, 0.3) is 0 Å². The summed E-state index contributed by atoms with van der Waals surface area (Å²) in [6.07, 6.45) is 5.32. The maximum atomic E-state index is 15.9. The summed E-state index contributed by atoms with van der Waals surface area (Å²) in [5.41, 5.74) is 7.01. The summed E-state index contributed by atoms with van der Waals surface area (Å²) < 4.78 is 0. The van der Waals surface area contributed by atoms with Gasteiger partial charge in [0.2, 0.25) is 35.4 Å². The molecule has 81 heavy (non-hydrogen) atoms. The van der Waals surface area contributed by atoms with Gasteiger partial charge in [-0.1, -0.05) is 136 Å². The zero-order valence-electron chi connectivity index (χ0n) is 47.7. The molecule has 2 heterocycles. The van der Waals surface area contributed by atoms with E-state index in [2.05, 4.69) is 49.4 Å². The highest BCUT2D eigenvalue weighted by Gasteiger charge is 2.47. The van der Waals surface area contributed by atoms with Gasteiger partial charge in [0.25, 0.3) is 5.91 Å². The Morgan fingerprint density at radius 1 is 0.556 bits per heavy atom. The maximum absolute atomic E-state index is 15.9. The highest BCUT2D eigenvalue weighted by molar-refractivity contribution is 5.98. The van der Waals surface area contributed by atoms with Gasteiger partial charge in [-0.15, -0.1) is 0 Å². The quantitative estimate of drug-likeness (QED) is 0.0574. The summed E-state index contributed by atoms with van der Waals surface area (Å²) in [4.78, 5) is 106. The second-order valence-corrected chi connectivity index (χ2v) is 23.5. The average Bonchev–Trinajstić information content (AvgIpc) is 3.94. The van der Waals surface area contributed by atoms with E-state index in [1.54, 1.807) is 45.0 Å². The lowest BCUT2D eigenvalue weighted by atomic mass is 9.83. The van der Waals surface area contributed by atoms with Crippen LogP contribution in [-0.4, -0.2) is 114 Å². The normalized spacial score (nSPS) is 21.0. The highest BCUT2D eigenvalue weighted by atomic mass is 16.2. The largest absolute Gasteiger partial charge is 0.347 e. The summed E-state index contributed by atoms with van der Waals surface area (Å²) >= 11 is 0.